The number of rotatable bonds is 5. The van der Waals surface area contributed by atoms with Gasteiger partial charge in [0.05, 0.1) is 0 Å². The molecule has 0 radical (unpaired) electrons. The first kappa shape index (κ1) is 13.0. The summed E-state index contributed by atoms with van der Waals surface area (Å²) in [6.45, 7) is 2.98. The third-order valence-electron chi connectivity index (χ3n) is 3.01. The van der Waals surface area contributed by atoms with Crippen molar-refractivity contribution < 1.29 is 0 Å². The van der Waals surface area contributed by atoms with Crippen molar-refractivity contribution in [1.82, 2.24) is 9.97 Å². The molecule has 0 N–H and O–H groups in total. The maximum Gasteiger partial charge on any atom is 0.137 e. The fourth-order valence-corrected chi connectivity index (χ4v) is 2.35. The Kier molecular flexibility index (Phi) is 4.15. The summed E-state index contributed by atoms with van der Waals surface area (Å²) in [5.41, 5.74) is 0.986. The zero-order valence-corrected chi connectivity index (χ0v) is 12.1. The third-order valence-corrected chi connectivity index (χ3v) is 3.97. The first-order valence-corrected chi connectivity index (χ1v) is 7.64. The molecule has 0 amide bonds. The summed E-state index contributed by atoms with van der Waals surface area (Å²) in [5, 5.41) is 0.605. The zero-order valence-electron chi connectivity index (χ0n) is 10.5. The summed E-state index contributed by atoms with van der Waals surface area (Å²) in [5.74, 6) is 3.55. The topological polar surface area (TPSA) is 29.0 Å². The van der Waals surface area contributed by atoms with Crippen LogP contribution in [0, 0.1) is 6.92 Å². The summed E-state index contributed by atoms with van der Waals surface area (Å²) in [4.78, 5) is 11.2. The van der Waals surface area contributed by atoms with Gasteiger partial charge in [0.1, 0.15) is 16.8 Å². The van der Waals surface area contributed by atoms with Crippen molar-refractivity contribution in [3.05, 3.63) is 16.5 Å². The molecule has 0 unspecified atom stereocenters. The second-order valence-electron chi connectivity index (χ2n) is 4.51. The minimum Gasteiger partial charge on any atom is -0.358 e. The monoisotopic (exact) mass is 271 g/mol. The second-order valence-corrected chi connectivity index (χ2v) is 5.85. The zero-order chi connectivity index (χ0) is 12.4. The summed E-state index contributed by atoms with van der Waals surface area (Å²) in [7, 11) is 2.07. The molecule has 0 atom stereocenters. The number of anilines is 1. The number of halogens is 1. The van der Waals surface area contributed by atoms with Gasteiger partial charge in [0.25, 0.3) is 0 Å². The molecule has 1 aromatic heterocycles. The van der Waals surface area contributed by atoms with Crippen LogP contribution in [0.15, 0.2) is 0 Å². The van der Waals surface area contributed by atoms with E-state index >= 15 is 0 Å². The summed E-state index contributed by atoms with van der Waals surface area (Å²) in [6, 6.07) is 0. The molecule has 1 fully saturated rings. The Morgan fingerprint density at radius 1 is 1.41 bits per heavy atom. The number of nitrogens with zero attached hydrogens (tertiary/aromatic N) is 3. The molecule has 1 saturated carbocycles. The van der Waals surface area contributed by atoms with Gasteiger partial charge in [0, 0.05) is 30.8 Å². The molecule has 1 heterocycles. The van der Waals surface area contributed by atoms with Gasteiger partial charge in [-0.1, -0.05) is 11.6 Å². The van der Waals surface area contributed by atoms with Crippen LogP contribution in [0.4, 0.5) is 5.82 Å². The maximum atomic E-state index is 6.19. The van der Waals surface area contributed by atoms with Crippen molar-refractivity contribution in [3.8, 4) is 0 Å². The number of aromatic nitrogens is 2. The SMILES string of the molecule is CSCCN(C)c1nc(C2CC2)nc(Cl)c1C. The van der Waals surface area contributed by atoms with E-state index < -0.39 is 0 Å². The first-order valence-electron chi connectivity index (χ1n) is 5.87. The van der Waals surface area contributed by atoms with Crippen LogP contribution in [0.25, 0.3) is 0 Å². The first-order chi connectivity index (χ1) is 8.13. The average molecular weight is 272 g/mol. The van der Waals surface area contributed by atoms with E-state index in [1.807, 2.05) is 18.7 Å². The molecule has 1 aliphatic rings. The molecular weight excluding hydrogens is 254 g/mol. The van der Waals surface area contributed by atoms with Crippen LogP contribution in [-0.4, -0.2) is 35.6 Å². The molecule has 3 nitrogen and oxygen atoms in total. The van der Waals surface area contributed by atoms with Gasteiger partial charge in [-0.3, -0.25) is 0 Å². The molecule has 0 saturated heterocycles. The molecule has 0 bridgehead atoms. The standard InChI is InChI=1S/C12H18ClN3S/c1-8-10(13)14-11(9-4-5-9)15-12(8)16(2)6-7-17-3/h9H,4-7H2,1-3H3. The highest BCUT2D eigenvalue weighted by atomic mass is 35.5. The predicted octanol–water partition coefficient (Wildman–Crippen LogP) is 3.12. The number of hydrogen-bond acceptors (Lipinski definition) is 4. The largest absolute Gasteiger partial charge is 0.358 e. The van der Waals surface area contributed by atoms with Gasteiger partial charge in [-0.2, -0.15) is 11.8 Å². The van der Waals surface area contributed by atoms with E-state index in [1.54, 1.807) is 0 Å². The summed E-state index contributed by atoms with van der Waals surface area (Å²) in [6.07, 6.45) is 4.52. The molecule has 0 aliphatic heterocycles. The van der Waals surface area contributed by atoms with Gasteiger partial charge >= 0.3 is 0 Å². The van der Waals surface area contributed by atoms with Crippen LogP contribution in [0.1, 0.15) is 30.1 Å². The van der Waals surface area contributed by atoms with Crippen molar-refractivity contribution in [2.45, 2.75) is 25.7 Å². The summed E-state index contributed by atoms with van der Waals surface area (Å²) >= 11 is 8.03. The van der Waals surface area contributed by atoms with Crippen LogP contribution in [0.3, 0.4) is 0 Å². The predicted molar refractivity (Wildman–Crippen MR) is 75.4 cm³/mol. The fourth-order valence-electron chi connectivity index (χ4n) is 1.72. The lowest BCUT2D eigenvalue weighted by Gasteiger charge is -2.20. The van der Waals surface area contributed by atoms with E-state index in [1.165, 1.54) is 12.8 Å². The Labute approximate surface area is 112 Å². The van der Waals surface area contributed by atoms with E-state index in [-0.39, 0.29) is 0 Å². The van der Waals surface area contributed by atoms with E-state index in [0.29, 0.717) is 11.1 Å². The Hall–Kier alpha value is -0.480. The van der Waals surface area contributed by atoms with Gasteiger partial charge < -0.3 is 4.90 Å². The van der Waals surface area contributed by atoms with Crippen LogP contribution < -0.4 is 4.90 Å². The smallest absolute Gasteiger partial charge is 0.137 e. The van der Waals surface area contributed by atoms with E-state index in [2.05, 4.69) is 28.2 Å². The molecule has 0 spiro atoms. The lowest BCUT2D eigenvalue weighted by atomic mass is 10.3. The highest BCUT2D eigenvalue weighted by molar-refractivity contribution is 7.98. The van der Waals surface area contributed by atoms with Crippen molar-refractivity contribution in [2.75, 3.05) is 30.5 Å². The van der Waals surface area contributed by atoms with Gasteiger partial charge in [-0.05, 0) is 26.0 Å². The number of hydrogen-bond donors (Lipinski definition) is 0. The van der Waals surface area contributed by atoms with E-state index in [4.69, 9.17) is 11.6 Å². The van der Waals surface area contributed by atoms with Crippen molar-refractivity contribution in [1.29, 1.82) is 0 Å². The lowest BCUT2D eigenvalue weighted by Crippen LogP contribution is -2.23. The molecule has 0 aromatic carbocycles. The van der Waals surface area contributed by atoms with Crippen molar-refractivity contribution in [3.63, 3.8) is 0 Å². The van der Waals surface area contributed by atoms with E-state index in [9.17, 15) is 0 Å². The third kappa shape index (κ3) is 3.05. The van der Waals surface area contributed by atoms with Crippen LogP contribution in [-0.2, 0) is 0 Å². The van der Waals surface area contributed by atoms with Crippen LogP contribution in [0.5, 0.6) is 0 Å². The Bertz CT molecular complexity index is 407. The summed E-state index contributed by atoms with van der Waals surface area (Å²) < 4.78 is 0. The minimum absolute atomic E-state index is 0.542. The van der Waals surface area contributed by atoms with E-state index in [0.717, 1.165) is 29.5 Å². The van der Waals surface area contributed by atoms with Gasteiger partial charge in [0.2, 0.25) is 0 Å². The van der Waals surface area contributed by atoms with Gasteiger partial charge in [-0.25, -0.2) is 9.97 Å². The molecule has 1 aromatic rings. The normalized spacial score (nSPS) is 15.1. The van der Waals surface area contributed by atoms with Gasteiger partial charge in [0.15, 0.2) is 0 Å². The Morgan fingerprint density at radius 3 is 2.71 bits per heavy atom. The molecule has 1 aliphatic carbocycles. The number of thioether (sulfide) groups is 1. The Morgan fingerprint density at radius 2 is 2.12 bits per heavy atom. The van der Waals surface area contributed by atoms with Gasteiger partial charge in [-0.15, -0.1) is 0 Å². The Balaban J connectivity index is 2.24. The van der Waals surface area contributed by atoms with Crippen LogP contribution in [0.2, 0.25) is 5.15 Å². The molecular formula is C12H18ClN3S. The highest BCUT2D eigenvalue weighted by Gasteiger charge is 2.28. The van der Waals surface area contributed by atoms with Crippen molar-refractivity contribution in [2.24, 2.45) is 0 Å². The quantitative estimate of drug-likeness (QED) is 0.770. The average Bonchev–Trinajstić information content (AvgIpc) is 3.13. The molecule has 17 heavy (non-hydrogen) atoms. The minimum atomic E-state index is 0.542. The molecule has 5 heteroatoms. The fraction of sp³-hybridized carbons (Fsp3) is 0.667. The second kappa shape index (κ2) is 5.44. The lowest BCUT2D eigenvalue weighted by molar-refractivity contribution is 0.867. The molecule has 94 valence electrons. The van der Waals surface area contributed by atoms with Crippen molar-refractivity contribution >= 4 is 29.2 Å². The highest BCUT2D eigenvalue weighted by Crippen LogP contribution is 2.39. The van der Waals surface area contributed by atoms with Crippen LogP contribution >= 0.6 is 23.4 Å². The molecule has 2 rings (SSSR count). The maximum absolute atomic E-state index is 6.19.